The molecule has 0 N–H and O–H groups in total. The predicted octanol–water partition coefficient (Wildman–Crippen LogP) is 4.26. The van der Waals surface area contributed by atoms with Gasteiger partial charge in [0.2, 0.25) is 5.55 Å². The van der Waals surface area contributed by atoms with Crippen LogP contribution in [0.1, 0.15) is 49.4 Å². The predicted molar refractivity (Wildman–Crippen MR) is 99.2 cm³/mol. The molecule has 3 rings (SSSR count). The summed E-state index contributed by atoms with van der Waals surface area (Å²) in [4.78, 5) is 27.3. The van der Waals surface area contributed by atoms with Gasteiger partial charge in [-0.05, 0) is 38.0 Å². The normalized spacial score (nSPS) is 15.5. The van der Waals surface area contributed by atoms with E-state index in [2.05, 4.69) is 4.99 Å². The monoisotopic (exact) mass is 370 g/mol. The number of esters is 1. The van der Waals surface area contributed by atoms with Crippen LogP contribution in [0.3, 0.4) is 0 Å². The van der Waals surface area contributed by atoms with Crippen LogP contribution >= 0.6 is 0 Å². The molecule has 1 saturated carbocycles. The van der Waals surface area contributed by atoms with Crippen molar-refractivity contribution in [3.8, 4) is 11.3 Å². The van der Waals surface area contributed by atoms with Gasteiger partial charge in [-0.1, -0.05) is 19.3 Å². The average molecular weight is 370 g/mol. The molecule has 0 bridgehead atoms. The molecule has 1 aromatic heterocycles. The van der Waals surface area contributed by atoms with Crippen LogP contribution in [0.4, 0.5) is 5.69 Å². The summed E-state index contributed by atoms with van der Waals surface area (Å²) >= 11 is 0. The number of rotatable bonds is 5. The quantitative estimate of drug-likeness (QED) is 0.445. The van der Waals surface area contributed by atoms with Gasteiger partial charge in [-0.3, -0.25) is 10.1 Å². The van der Waals surface area contributed by atoms with Gasteiger partial charge in [-0.25, -0.2) is 9.79 Å². The lowest BCUT2D eigenvalue weighted by molar-refractivity contribution is -0.384. The Morgan fingerprint density at radius 1 is 1.22 bits per heavy atom. The van der Waals surface area contributed by atoms with Crippen LogP contribution < -0.4 is 5.55 Å². The number of non-ortho nitro benzene ring substituents is 1. The van der Waals surface area contributed by atoms with Crippen LogP contribution in [0.15, 0.2) is 45.8 Å². The molecule has 7 heteroatoms. The zero-order valence-electron chi connectivity index (χ0n) is 15.2. The smallest absolute Gasteiger partial charge is 0.338 e. The number of ether oxygens (including phenoxy) is 1. The van der Waals surface area contributed by atoms with E-state index in [9.17, 15) is 14.9 Å². The molecule has 0 saturated heterocycles. The lowest BCUT2D eigenvalue weighted by Crippen LogP contribution is -2.16. The second-order valence-electron chi connectivity index (χ2n) is 6.49. The van der Waals surface area contributed by atoms with E-state index in [1.54, 1.807) is 31.2 Å². The fourth-order valence-corrected chi connectivity index (χ4v) is 3.16. The molecule has 0 amide bonds. The van der Waals surface area contributed by atoms with Gasteiger partial charge in [0, 0.05) is 23.8 Å². The summed E-state index contributed by atoms with van der Waals surface area (Å²) in [6.07, 6.45) is 5.51. The summed E-state index contributed by atoms with van der Waals surface area (Å²) < 4.78 is 11.0. The molecule has 2 aromatic rings. The third-order valence-electron chi connectivity index (χ3n) is 4.54. The minimum atomic E-state index is -0.459. The number of carbonyl (C=O) groups excluding carboxylic acids is 1. The molecule has 142 valence electrons. The Kier molecular flexibility index (Phi) is 6.01. The standard InChI is InChI=1S/C20H22N2O5/c1-2-26-20(23)15-12-18(14-8-10-17(11-9-14)22(24)25)27-19(13-15)21-16-6-4-3-5-7-16/h8-13,16H,2-7H2,1H3. The Labute approximate surface area is 156 Å². The van der Waals surface area contributed by atoms with Crippen molar-refractivity contribution in [3.05, 3.63) is 57.6 Å². The highest BCUT2D eigenvalue weighted by molar-refractivity contribution is 5.90. The molecule has 0 spiro atoms. The summed E-state index contributed by atoms with van der Waals surface area (Å²) in [6.45, 7) is 2.02. The molecule has 7 nitrogen and oxygen atoms in total. The molecular weight excluding hydrogens is 348 g/mol. The Morgan fingerprint density at radius 3 is 2.56 bits per heavy atom. The van der Waals surface area contributed by atoms with Crippen molar-refractivity contribution >= 4 is 11.7 Å². The number of benzene rings is 1. The minimum Gasteiger partial charge on any atom is -0.462 e. The van der Waals surface area contributed by atoms with Crippen molar-refractivity contribution in [3.63, 3.8) is 0 Å². The molecule has 1 aliphatic rings. The molecule has 0 radical (unpaired) electrons. The van der Waals surface area contributed by atoms with Crippen molar-refractivity contribution in [2.45, 2.75) is 45.1 Å². The van der Waals surface area contributed by atoms with Crippen LogP contribution in [0, 0.1) is 10.1 Å². The van der Waals surface area contributed by atoms with E-state index in [4.69, 9.17) is 9.15 Å². The minimum absolute atomic E-state index is 0.00702. The van der Waals surface area contributed by atoms with Crippen LogP contribution in [0.2, 0.25) is 0 Å². The van der Waals surface area contributed by atoms with E-state index in [1.807, 2.05) is 0 Å². The van der Waals surface area contributed by atoms with Crippen molar-refractivity contribution in [1.82, 2.24) is 0 Å². The van der Waals surface area contributed by atoms with Gasteiger partial charge in [0.15, 0.2) is 0 Å². The highest BCUT2D eigenvalue weighted by Gasteiger charge is 2.15. The SMILES string of the molecule is CCOC(=O)c1cc(-c2ccc([N+](=O)[O-])cc2)oc(=NC2CCCCC2)c1. The maximum absolute atomic E-state index is 12.2. The Hall–Kier alpha value is -2.96. The van der Waals surface area contributed by atoms with Crippen molar-refractivity contribution in [2.24, 2.45) is 4.99 Å². The molecular formula is C20H22N2O5. The average Bonchev–Trinajstić information content (AvgIpc) is 2.69. The fraction of sp³-hybridized carbons (Fsp3) is 0.400. The van der Waals surface area contributed by atoms with Crippen LogP contribution in [0.5, 0.6) is 0 Å². The van der Waals surface area contributed by atoms with E-state index in [0.29, 0.717) is 22.4 Å². The summed E-state index contributed by atoms with van der Waals surface area (Å²) in [5.41, 5.74) is 1.35. The van der Waals surface area contributed by atoms with Gasteiger partial charge in [0.1, 0.15) is 5.76 Å². The number of hydrogen-bond acceptors (Lipinski definition) is 6. The highest BCUT2D eigenvalue weighted by Crippen LogP contribution is 2.23. The topological polar surface area (TPSA) is 94.9 Å². The lowest BCUT2D eigenvalue weighted by Gasteiger charge is -2.16. The molecule has 1 fully saturated rings. The molecule has 0 aliphatic heterocycles. The first-order valence-corrected chi connectivity index (χ1v) is 9.18. The maximum atomic E-state index is 12.2. The van der Waals surface area contributed by atoms with Gasteiger partial charge in [0.25, 0.3) is 5.69 Å². The Bertz CT molecular complexity index is 880. The van der Waals surface area contributed by atoms with Gasteiger partial charge in [-0.15, -0.1) is 0 Å². The third kappa shape index (κ3) is 4.81. The zero-order chi connectivity index (χ0) is 19.2. The van der Waals surface area contributed by atoms with Crippen molar-refractivity contribution < 1.29 is 18.9 Å². The maximum Gasteiger partial charge on any atom is 0.338 e. The number of carbonyl (C=O) groups is 1. The first-order valence-electron chi connectivity index (χ1n) is 9.18. The summed E-state index contributed by atoms with van der Waals surface area (Å²) in [5.74, 6) is -0.0263. The van der Waals surface area contributed by atoms with Crippen LogP contribution in [-0.2, 0) is 4.74 Å². The first kappa shape index (κ1) is 18.8. The van der Waals surface area contributed by atoms with E-state index in [1.165, 1.54) is 18.6 Å². The van der Waals surface area contributed by atoms with Crippen LogP contribution in [0.25, 0.3) is 11.3 Å². The van der Waals surface area contributed by atoms with Gasteiger partial charge in [-0.2, -0.15) is 0 Å². The van der Waals surface area contributed by atoms with E-state index < -0.39 is 10.9 Å². The highest BCUT2D eigenvalue weighted by atomic mass is 16.6. The third-order valence-corrected chi connectivity index (χ3v) is 4.54. The zero-order valence-corrected chi connectivity index (χ0v) is 15.2. The fourth-order valence-electron chi connectivity index (χ4n) is 3.16. The van der Waals surface area contributed by atoms with Gasteiger partial charge >= 0.3 is 5.97 Å². The summed E-state index contributed by atoms with van der Waals surface area (Å²) in [5, 5.41) is 10.8. The summed E-state index contributed by atoms with van der Waals surface area (Å²) in [6, 6.07) is 9.36. The van der Waals surface area contributed by atoms with E-state index >= 15 is 0 Å². The molecule has 1 aromatic carbocycles. The number of nitrogens with zero attached hydrogens (tertiary/aromatic N) is 2. The van der Waals surface area contributed by atoms with Gasteiger partial charge in [0.05, 0.1) is 23.1 Å². The molecule has 1 aliphatic carbocycles. The van der Waals surface area contributed by atoms with Gasteiger partial charge < -0.3 is 9.15 Å². The number of nitro benzene ring substituents is 1. The Balaban J connectivity index is 2.02. The Morgan fingerprint density at radius 2 is 1.93 bits per heavy atom. The number of nitro groups is 1. The van der Waals surface area contributed by atoms with Crippen molar-refractivity contribution in [1.29, 1.82) is 0 Å². The largest absolute Gasteiger partial charge is 0.462 e. The molecule has 27 heavy (non-hydrogen) atoms. The van der Waals surface area contributed by atoms with E-state index in [0.717, 1.165) is 25.7 Å². The number of hydrogen-bond donors (Lipinski definition) is 0. The molecule has 1 heterocycles. The summed E-state index contributed by atoms with van der Waals surface area (Å²) in [7, 11) is 0. The molecule has 0 unspecified atom stereocenters. The second kappa shape index (κ2) is 8.62. The lowest BCUT2D eigenvalue weighted by atomic mass is 9.96. The molecule has 0 atom stereocenters. The second-order valence-corrected chi connectivity index (χ2v) is 6.49. The van der Waals surface area contributed by atoms with Crippen molar-refractivity contribution in [2.75, 3.05) is 6.61 Å². The van der Waals surface area contributed by atoms with Crippen LogP contribution in [-0.4, -0.2) is 23.5 Å². The first-order chi connectivity index (χ1) is 13.1. The van der Waals surface area contributed by atoms with E-state index in [-0.39, 0.29) is 18.3 Å².